The quantitative estimate of drug-likeness (QED) is 0.471. The second-order valence-corrected chi connectivity index (χ2v) is 6.39. The first-order valence-corrected chi connectivity index (χ1v) is 9.08. The van der Waals surface area contributed by atoms with Gasteiger partial charge in [0.15, 0.2) is 5.70 Å². The molecule has 144 valence electrons. The van der Waals surface area contributed by atoms with Crippen molar-refractivity contribution in [3.63, 3.8) is 0 Å². The van der Waals surface area contributed by atoms with Crippen LogP contribution in [-0.2, 0) is 9.53 Å². The van der Waals surface area contributed by atoms with Crippen molar-refractivity contribution in [2.24, 2.45) is 4.99 Å². The van der Waals surface area contributed by atoms with Gasteiger partial charge in [-0.25, -0.2) is 9.79 Å². The molecule has 0 aliphatic carbocycles. The molecule has 29 heavy (non-hydrogen) atoms. The van der Waals surface area contributed by atoms with E-state index in [1.54, 1.807) is 38.5 Å². The van der Waals surface area contributed by atoms with Crippen molar-refractivity contribution < 1.29 is 19.0 Å². The van der Waals surface area contributed by atoms with E-state index in [0.29, 0.717) is 17.1 Å². The number of cyclic esters (lactones) is 1. The van der Waals surface area contributed by atoms with E-state index in [9.17, 15) is 4.79 Å². The van der Waals surface area contributed by atoms with Gasteiger partial charge in [0, 0.05) is 11.1 Å². The van der Waals surface area contributed by atoms with Gasteiger partial charge in [0.2, 0.25) is 5.90 Å². The van der Waals surface area contributed by atoms with Gasteiger partial charge in [0.05, 0.1) is 14.2 Å². The number of nitrogens with zero attached hydrogens (tertiary/aromatic N) is 1. The van der Waals surface area contributed by atoms with Crippen molar-refractivity contribution in [1.29, 1.82) is 0 Å². The fourth-order valence-corrected chi connectivity index (χ4v) is 3.07. The summed E-state index contributed by atoms with van der Waals surface area (Å²) >= 11 is 0. The number of ether oxygens (including phenoxy) is 3. The molecular formula is C24H19NO4. The summed E-state index contributed by atoms with van der Waals surface area (Å²) in [5, 5.41) is 0. The Kier molecular flexibility index (Phi) is 5.12. The van der Waals surface area contributed by atoms with Crippen LogP contribution in [0.3, 0.4) is 0 Å². The molecular weight excluding hydrogens is 366 g/mol. The SMILES string of the molecule is COc1ccc(OC)c(C=C2N=C(c3ccc(-c4ccccc4)cc3)OC2=O)c1. The number of benzene rings is 3. The van der Waals surface area contributed by atoms with Crippen molar-refractivity contribution >= 4 is 17.9 Å². The average molecular weight is 385 g/mol. The van der Waals surface area contributed by atoms with Gasteiger partial charge < -0.3 is 14.2 Å². The van der Waals surface area contributed by atoms with Gasteiger partial charge in [0.1, 0.15) is 11.5 Å². The van der Waals surface area contributed by atoms with Gasteiger partial charge in [-0.2, -0.15) is 0 Å². The van der Waals surface area contributed by atoms with Crippen LogP contribution in [0.25, 0.3) is 17.2 Å². The smallest absolute Gasteiger partial charge is 0.363 e. The van der Waals surface area contributed by atoms with E-state index in [0.717, 1.165) is 16.7 Å². The van der Waals surface area contributed by atoms with E-state index < -0.39 is 5.97 Å². The summed E-state index contributed by atoms with van der Waals surface area (Å²) in [5.74, 6) is 1.05. The summed E-state index contributed by atoms with van der Waals surface area (Å²) in [6.45, 7) is 0. The third-order valence-corrected chi connectivity index (χ3v) is 4.59. The van der Waals surface area contributed by atoms with Crippen molar-refractivity contribution in [1.82, 2.24) is 0 Å². The topological polar surface area (TPSA) is 57.1 Å². The first-order valence-electron chi connectivity index (χ1n) is 9.08. The Hall–Kier alpha value is -3.86. The number of esters is 1. The van der Waals surface area contributed by atoms with Crippen LogP contribution >= 0.6 is 0 Å². The molecule has 0 bridgehead atoms. The maximum atomic E-state index is 12.3. The second kappa shape index (κ2) is 8.02. The molecule has 0 amide bonds. The minimum atomic E-state index is -0.503. The van der Waals surface area contributed by atoms with E-state index in [2.05, 4.69) is 4.99 Å². The summed E-state index contributed by atoms with van der Waals surface area (Å²) in [6, 6.07) is 23.2. The zero-order valence-electron chi connectivity index (χ0n) is 16.1. The number of hydrogen-bond acceptors (Lipinski definition) is 5. The summed E-state index contributed by atoms with van der Waals surface area (Å²) in [4.78, 5) is 16.7. The van der Waals surface area contributed by atoms with Gasteiger partial charge in [-0.15, -0.1) is 0 Å². The van der Waals surface area contributed by atoms with Crippen LogP contribution in [0.4, 0.5) is 0 Å². The molecule has 0 aromatic heterocycles. The van der Waals surface area contributed by atoms with Crippen LogP contribution < -0.4 is 9.47 Å². The Morgan fingerprint density at radius 2 is 1.52 bits per heavy atom. The Balaban J connectivity index is 1.63. The minimum Gasteiger partial charge on any atom is -0.497 e. The Labute approximate surface area is 168 Å². The highest BCUT2D eigenvalue weighted by atomic mass is 16.6. The molecule has 5 nitrogen and oxygen atoms in total. The van der Waals surface area contributed by atoms with Crippen molar-refractivity contribution in [2.75, 3.05) is 14.2 Å². The fraction of sp³-hybridized carbons (Fsp3) is 0.0833. The molecule has 0 N–H and O–H groups in total. The summed E-state index contributed by atoms with van der Waals surface area (Å²) in [7, 11) is 3.15. The lowest BCUT2D eigenvalue weighted by Gasteiger charge is -2.07. The lowest BCUT2D eigenvalue weighted by molar-refractivity contribution is -0.129. The lowest BCUT2D eigenvalue weighted by Crippen LogP contribution is -2.05. The fourth-order valence-electron chi connectivity index (χ4n) is 3.07. The highest BCUT2D eigenvalue weighted by molar-refractivity contribution is 6.13. The molecule has 0 atom stereocenters. The van der Waals surface area contributed by atoms with Crippen molar-refractivity contribution in [3.05, 3.63) is 89.6 Å². The number of aliphatic imine (C=N–C) groups is 1. The Bertz CT molecular complexity index is 1100. The number of carbonyl (C=O) groups excluding carboxylic acids is 1. The molecule has 3 aromatic carbocycles. The van der Waals surface area contributed by atoms with E-state index in [1.807, 2.05) is 54.6 Å². The molecule has 0 saturated heterocycles. The number of methoxy groups -OCH3 is 2. The van der Waals surface area contributed by atoms with Gasteiger partial charge in [-0.05, 0) is 47.5 Å². The largest absolute Gasteiger partial charge is 0.497 e. The molecule has 5 heteroatoms. The van der Waals surface area contributed by atoms with Gasteiger partial charge in [0.25, 0.3) is 0 Å². The number of hydrogen-bond donors (Lipinski definition) is 0. The molecule has 0 saturated carbocycles. The van der Waals surface area contributed by atoms with Crippen LogP contribution in [0.5, 0.6) is 11.5 Å². The standard InChI is InChI=1S/C24H19NO4/c1-27-20-12-13-22(28-2)19(14-20)15-21-24(26)29-23(25-21)18-10-8-17(9-11-18)16-6-4-3-5-7-16/h3-15H,1-2H3. The second-order valence-electron chi connectivity index (χ2n) is 6.39. The van der Waals surface area contributed by atoms with Crippen LogP contribution in [0.1, 0.15) is 11.1 Å². The number of carbonyl (C=O) groups is 1. The Morgan fingerprint density at radius 1 is 0.828 bits per heavy atom. The van der Waals surface area contributed by atoms with Gasteiger partial charge in [-0.3, -0.25) is 0 Å². The van der Waals surface area contributed by atoms with E-state index >= 15 is 0 Å². The maximum Gasteiger partial charge on any atom is 0.363 e. The normalized spacial score (nSPS) is 14.5. The van der Waals surface area contributed by atoms with E-state index in [-0.39, 0.29) is 11.6 Å². The van der Waals surface area contributed by atoms with Crippen LogP contribution in [-0.4, -0.2) is 26.1 Å². The molecule has 0 spiro atoms. The van der Waals surface area contributed by atoms with Gasteiger partial charge in [-0.1, -0.05) is 42.5 Å². The molecule has 3 aromatic rings. The van der Waals surface area contributed by atoms with Crippen molar-refractivity contribution in [2.45, 2.75) is 0 Å². The molecule has 0 radical (unpaired) electrons. The molecule has 1 aliphatic heterocycles. The van der Waals surface area contributed by atoms with E-state index in [4.69, 9.17) is 14.2 Å². The van der Waals surface area contributed by atoms with Crippen LogP contribution in [0.15, 0.2) is 83.5 Å². The first-order chi connectivity index (χ1) is 14.2. The molecule has 1 aliphatic rings. The van der Waals surface area contributed by atoms with Gasteiger partial charge >= 0.3 is 5.97 Å². The first kappa shape index (κ1) is 18.5. The zero-order chi connectivity index (χ0) is 20.2. The highest BCUT2D eigenvalue weighted by Crippen LogP contribution is 2.28. The highest BCUT2D eigenvalue weighted by Gasteiger charge is 2.24. The maximum absolute atomic E-state index is 12.3. The predicted octanol–water partition coefficient (Wildman–Crippen LogP) is 4.72. The third-order valence-electron chi connectivity index (χ3n) is 4.59. The van der Waals surface area contributed by atoms with E-state index in [1.165, 1.54) is 0 Å². The molecule has 1 heterocycles. The summed E-state index contributed by atoms with van der Waals surface area (Å²) < 4.78 is 16.0. The summed E-state index contributed by atoms with van der Waals surface area (Å²) in [6.07, 6.45) is 1.63. The molecule has 4 rings (SSSR count). The third kappa shape index (κ3) is 3.89. The predicted molar refractivity (Wildman–Crippen MR) is 112 cm³/mol. The minimum absolute atomic E-state index is 0.207. The van der Waals surface area contributed by atoms with Crippen LogP contribution in [0, 0.1) is 0 Å². The molecule has 0 unspecified atom stereocenters. The summed E-state index contributed by atoms with van der Waals surface area (Å²) in [5.41, 5.74) is 3.83. The number of rotatable bonds is 5. The Morgan fingerprint density at radius 3 is 2.21 bits per heavy atom. The molecule has 0 fully saturated rings. The average Bonchev–Trinajstić information content (AvgIpc) is 3.14. The monoisotopic (exact) mass is 385 g/mol. The van der Waals surface area contributed by atoms with Crippen LogP contribution in [0.2, 0.25) is 0 Å². The van der Waals surface area contributed by atoms with Crippen molar-refractivity contribution in [3.8, 4) is 22.6 Å². The zero-order valence-corrected chi connectivity index (χ0v) is 16.1. The lowest BCUT2D eigenvalue weighted by atomic mass is 10.0.